The molecule has 0 saturated carbocycles. The van der Waals surface area contributed by atoms with Gasteiger partial charge < -0.3 is 27.3 Å². The first-order chi connectivity index (χ1) is 17.0. The monoisotopic (exact) mass is 568 g/mol. The van der Waals surface area contributed by atoms with Crippen LogP contribution in [0.2, 0.25) is 26.7 Å². The number of ether oxygens (including phenoxy) is 1. The molecule has 38 heavy (non-hydrogen) atoms. The first kappa shape index (κ1) is 32.4. The Kier molecular flexibility index (Phi) is 8.75. The smallest absolute Gasteiger partial charge is 0.493 e. The maximum absolute atomic E-state index is 7.46. The summed E-state index contributed by atoms with van der Waals surface area (Å²) in [7, 11) is -5.56. The van der Waals surface area contributed by atoms with E-state index < -0.39 is 35.2 Å². The van der Waals surface area contributed by atoms with Crippen molar-refractivity contribution in [3.05, 3.63) is 11.7 Å². The molecule has 0 aromatic heterocycles. The van der Waals surface area contributed by atoms with Crippen molar-refractivity contribution in [2.75, 3.05) is 6.61 Å². The second-order valence-corrected chi connectivity index (χ2v) is 25.9. The number of hydrogen-bond donors (Lipinski definition) is 0. The zero-order valence-electron chi connectivity index (χ0n) is 27.3. The van der Waals surface area contributed by atoms with Crippen LogP contribution in [0.4, 0.5) is 0 Å². The lowest BCUT2D eigenvalue weighted by Gasteiger charge is -2.57. The maximum atomic E-state index is 7.46. The van der Waals surface area contributed by atoms with Crippen LogP contribution in [-0.2, 0) is 27.3 Å². The van der Waals surface area contributed by atoms with Gasteiger partial charge in [0.1, 0.15) is 17.9 Å². The first-order valence-corrected chi connectivity index (χ1v) is 18.7. The van der Waals surface area contributed by atoms with E-state index in [1.165, 1.54) is 0 Å². The van der Waals surface area contributed by atoms with Crippen LogP contribution in [0.3, 0.4) is 0 Å². The summed E-state index contributed by atoms with van der Waals surface area (Å²) in [5.41, 5.74) is 1.11. The summed E-state index contributed by atoms with van der Waals surface area (Å²) < 4.78 is 41.0. The van der Waals surface area contributed by atoms with E-state index in [-0.39, 0.29) is 28.4 Å². The highest BCUT2D eigenvalue weighted by molar-refractivity contribution is 6.77. The van der Waals surface area contributed by atoms with Crippen LogP contribution >= 0.6 is 0 Å². The zero-order valence-corrected chi connectivity index (χ0v) is 29.3. The third-order valence-corrected chi connectivity index (χ3v) is 20.8. The van der Waals surface area contributed by atoms with Gasteiger partial charge in [-0.25, -0.2) is 0 Å². The summed E-state index contributed by atoms with van der Waals surface area (Å²) in [5, 5.41) is -0.252. The molecule has 0 aromatic rings. The second-order valence-electron chi connectivity index (χ2n) is 15.7. The molecule has 3 atom stereocenters. The maximum Gasteiger partial charge on any atom is 0.531 e. The van der Waals surface area contributed by atoms with Gasteiger partial charge in [0.05, 0.1) is 23.9 Å². The summed E-state index contributed by atoms with van der Waals surface area (Å²) in [6.07, 6.45) is 1.32. The highest BCUT2D eigenvalue weighted by Gasteiger charge is 2.65. The lowest BCUT2D eigenvalue weighted by molar-refractivity contribution is -0.125. The van der Waals surface area contributed by atoms with Gasteiger partial charge in [0.2, 0.25) is 8.32 Å². The molecule has 0 radical (unpaired) electrons. The Hall–Kier alpha value is -0.161. The second kappa shape index (κ2) is 10.3. The van der Waals surface area contributed by atoms with E-state index in [0.717, 1.165) is 0 Å². The van der Waals surface area contributed by atoms with Gasteiger partial charge in [-0.05, 0) is 50.4 Å². The molecule has 3 rings (SSSR count). The van der Waals surface area contributed by atoms with Crippen LogP contribution in [-0.4, -0.2) is 60.1 Å². The molecule has 0 bridgehead atoms. The topological polar surface area (TPSA) is 55.4 Å². The Morgan fingerprint density at radius 2 is 1.32 bits per heavy atom. The van der Waals surface area contributed by atoms with E-state index in [9.17, 15) is 0 Å². The van der Waals surface area contributed by atoms with Crippen LogP contribution in [0.5, 0.6) is 0 Å². The lowest BCUT2D eigenvalue weighted by Crippen LogP contribution is -2.69. The van der Waals surface area contributed by atoms with Crippen LogP contribution < -0.4 is 0 Å². The fraction of sp³-hybridized carbons (Fsp3) is 0.931. The molecule has 6 nitrogen and oxygen atoms in total. The van der Waals surface area contributed by atoms with Crippen LogP contribution in [0.15, 0.2) is 11.7 Å². The minimum atomic E-state index is -2.73. The molecule has 3 heterocycles. The summed E-state index contributed by atoms with van der Waals surface area (Å²) in [5.74, 6) is 0. The van der Waals surface area contributed by atoms with Crippen molar-refractivity contribution < 1.29 is 27.3 Å². The SMILES string of the molecule is CC(C)[Si](O[C@@H]1C=C(B2OC(C)(C)C(C)(C)O2)O[C@@H]2CO[Si](C(C)(C)C)(C(C)(C)C)O[C@@H]12)(C(C)C)C(C)C. The molecule has 3 aliphatic rings. The fourth-order valence-corrected chi connectivity index (χ4v) is 17.6. The molecule has 0 amide bonds. The van der Waals surface area contributed by atoms with E-state index in [2.05, 4.69) is 117 Å². The predicted octanol–water partition coefficient (Wildman–Crippen LogP) is 7.92. The summed E-state index contributed by atoms with van der Waals surface area (Å²) >= 11 is 0. The zero-order chi connectivity index (χ0) is 29.3. The Labute approximate surface area is 236 Å². The standard InChI is InChI=1S/C29H57BO6Si2/c1-19(2)37(20(3)4,21(5)6)33-22-17-24(30-35-28(13,14)29(15,16)36-30)32-23-18-31-38(26(7,8)9,27(10,11)12)34-25(22)23/h17,19-23,25H,18H2,1-16H3/t22-,23-,25+/m1/s1. The third-order valence-electron chi connectivity index (χ3n) is 9.57. The third kappa shape index (κ3) is 5.27. The van der Waals surface area contributed by atoms with Gasteiger partial charge >= 0.3 is 15.7 Å². The van der Waals surface area contributed by atoms with Gasteiger partial charge in [-0.15, -0.1) is 0 Å². The highest BCUT2D eigenvalue weighted by Crippen LogP contribution is 2.56. The van der Waals surface area contributed by atoms with Crippen molar-refractivity contribution in [3.8, 4) is 0 Å². The van der Waals surface area contributed by atoms with Gasteiger partial charge in [0.25, 0.3) is 0 Å². The number of hydrogen-bond acceptors (Lipinski definition) is 6. The Morgan fingerprint density at radius 1 is 0.868 bits per heavy atom. The van der Waals surface area contributed by atoms with E-state index in [0.29, 0.717) is 28.9 Å². The lowest BCUT2D eigenvalue weighted by atomic mass is 9.83. The van der Waals surface area contributed by atoms with Gasteiger partial charge in [0, 0.05) is 10.1 Å². The molecule has 0 aliphatic carbocycles. The number of rotatable bonds is 6. The molecule has 3 aliphatic heterocycles. The van der Waals surface area contributed by atoms with Crippen molar-refractivity contribution >= 4 is 24.0 Å². The largest absolute Gasteiger partial charge is 0.531 e. The summed E-state index contributed by atoms with van der Waals surface area (Å²) in [6, 6.07) is 0. The van der Waals surface area contributed by atoms with E-state index in [4.69, 9.17) is 27.3 Å². The average molecular weight is 569 g/mol. The van der Waals surface area contributed by atoms with Gasteiger partial charge in [-0.2, -0.15) is 0 Å². The summed E-state index contributed by atoms with van der Waals surface area (Å²) in [4.78, 5) is 0. The average Bonchev–Trinajstić information content (AvgIpc) is 2.95. The van der Waals surface area contributed by atoms with Crippen LogP contribution in [0, 0.1) is 0 Å². The molecule has 2 saturated heterocycles. The highest BCUT2D eigenvalue weighted by atomic mass is 28.4. The van der Waals surface area contributed by atoms with E-state index in [1.54, 1.807) is 0 Å². The molecule has 220 valence electrons. The molecular weight excluding hydrogens is 511 g/mol. The molecule has 0 spiro atoms. The molecule has 0 aromatic carbocycles. The van der Waals surface area contributed by atoms with E-state index >= 15 is 0 Å². The Morgan fingerprint density at radius 3 is 1.71 bits per heavy atom. The molecule has 0 unspecified atom stereocenters. The predicted molar refractivity (Wildman–Crippen MR) is 161 cm³/mol. The quantitative estimate of drug-likeness (QED) is 0.304. The number of fused-ring (bicyclic) bond motifs is 1. The van der Waals surface area contributed by atoms with E-state index in [1.807, 2.05) is 0 Å². The minimum Gasteiger partial charge on any atom is -0.493 e. The van der Waals surface area contributed by atoms with Crippen molar-refractivity contribution in [1.82, 2.24) is 0 Å². The van der Waals surface area contributed by atoms with Crippen molar-refractivity contribution in [3.63, 3.8) is 0 Å². The van der Waals surface area contributed by atoms with Gasteiger partial charge in [-0.1, -0.05) is 83.1 Å². The molecule has 0 N–H and O–H groups in total. The Bertz CT molecular complexity index is 835. The molecule has 2 fully saturated rings. The van der Waals surface area contributed by atoms with Crippen molar-refractivity contribution in [1.29, 1.82) is 0 Å². The normalized spacial score (nSPS) is 29.5. The fourth-order valence-electron chi connectivity index (χ4n) is 7.20. The molecule has 9 heteroatoms. The van der Waals surface area contributed by atoms with Crippen LogP contribution in [0.1, 0.15) is 111 Å². The van der Waals surface area contributed by atoms with Gasteiger partial charge in [0.15, 0.2) is 0 Å². The molecular formula is C29H57BO6Si2. The Balaban J connectivity index is 2.12. The van der Waals surface area contributed by atoms with Crippen molar-refractivity contribution in [2.45, 2.75) is 167 Å². The first-order valence-electron chi connectivity index (χ1n) is 14.8. The summed E-state index contributed by atoms with van der Waals surface area (Å²) in [6.45, 7) is 36.3. The van der Waals surface area contributed by atoms with Gasteiger partial charge in [-0.3, -0.25) is 0 Å². The van der Waals surface area contributed by atoms with Crippen LogP contribution in [0.25, 0.3) is 0 Å². The van der Waals surface area contributed by atoms with Crippen molar-refractivity contribution in [2.24, 2.45) is 0 Å². The minimum absolute atomic E-state index is 0.126.